The number of carbonyl (C=O) groups is 1. The van der Waals surface area contributed by atoms with E-state index in [9.17, 15) is 18.3 Å². The largest absolute Gasteiger partial charge is 0.497 e. The molecule has 1 amide bonds. The molecule has 1 N–H and O–H groups in total. The number of amides is 1. The average Bonchev–Trinajstić information content (AvgIpc) is 3.80. The van der Waals surface area contributed by atoms with Gasteiger partial charge in [-0.25, -0.2) is 17.7 Å². The third-order valence-electron chi connectivity index (χ3n) is 8.89. The van der Waals surface area contributed by atoms with Gasteiger partial charge in [0.05, 0.1) is 33.1 Å². The number of ether oxygens (including phenoxy) is 3. The van der Waals surface area contributed by atoms with E-state index < -0.39 is 27.8 Å². The van der Waals surface area contributed by atoms with Gasteiger partial charge in [-0.05, 0) is 68.1 Å². The van der Waals surface area contributed by atoms with Gasteiger partial charge in [-0.2, -0.15) is 0 Å². The molecule has 4 heterocycles. The van der Waals surface area contributed by atoms with E-state index in [-0.39, 0.29) is 28.1 Å². The zero-order valence-electron chi connectivity index (χ0n) is 24.8. The maximum atomic E-state index is 14.7. The number of rotatable bonds is 8. The van der Waals surface area contributed by atoms with Gasteiger partial charge in [-0.1, -0.05) is 11.6 Å². The number of sulfonamides is 1. The molecule has 11 nitrogen and oxygen atoms in total. The highest BCUT2D eigenvalue weighted by atomic mass is 35.5. The normalized spacial score (nSPS) is 23.6. The predicted molar refractivity (Wildman–Crippen MR) is 164 cm³/mol. The molecule has 3 unspecified atom stereocenters. The third-order valence-corrected chi connectivity index (χ3v) is 10.9. The van der Waals surface area contributed by atoms with Crippen molar-refractivity contribution >= 4 is 33.2 Å². The van der Waals surface area contributed by atoms with Crippen LogP contribution in [0.4, 0.5) is 5.69 Å². The van der Waals surface area contributed by atoms with Crippen LogP contribution in [0.15, 0.2) is 59.6 Å². The fraction of sp³-hybridized carbons (Fsp3) is 0.419. The summed E-state index contributed by atoms with van der Waals surface area (Å²) in [5, 5.41) is 13.0. The number of methoxy groups -OCH3 is 3. The lowest BCUT2D eigenvalue weighted by atomic mass is 9.81. The highest BCUT2D eigenvalue weighted by Crippen LogP contribution is 2.57. The number of pyridine rings is 1. The van der Waals surface area contributed by atoms with E-state index in [0.717, 1.165) is 17.1 Å². The van der Waals surface area contributed by atoms with E-state index in [4.69, 9.17) is 25.8 Å². The summed E-state index contributed by atoms with van der Waals surface area (Å²) >= 11 is 6.60. The maximum absolute atomic E-state index is 14.7. The molecule has 0 aliphatic carbocycles. The molecular weight excluding hydrogens is 608 g/mol. The molecule has 13 heteroatoms. The summed E-state index contributed by atoms with van der Waals surface area (Å²) in [5.74, 6) is 0.602. The van der Waals surface area contributed by atoms with Crippen LogP contribution in [0, 0.1) is 0 Å². The van der Waals surface area contributed by atoms with Crippen molar-refractivity contribution in [1.82, 2.24) is 14.8 Å². The van der Waals surface area contributed by atoms with Crippen molar-refractivity contribution < 1.29 is 32.5 Å². The van der Waals surface area contributed by atoms with Gasteiger partial charge in [-0.15, -0.1) is 0 Å². The SMILES string of the molecule is COc1ccc(S(=O)(=O)N2c3ccc(Cl)cc3C(c3cccnc3OC)(N3CCCC3C(=O)N3CCCC3)C2O)c(OC)c1. The van der Waals surface area contributed by atoms with Crippen LogP contribution in [0.5, 0.6) is 17.4 Å². The summed E-state index contributed by atoms with van der Waals surface area (Å²) in [6, 6.07) is 12.0. The third kappa shape index (κ3) is 4.58. The molecule has 3 atom stereocenters. The molecule has 6 rings (SSSR count). The van der Waals surface area contributed by atoms with Crippen LogP contribution in [0.1, 0.15) is 36.8 Å². The lowest BCUT2D eigenvalue weighted by molar-refractivity contribution is -0.138. The van der Waals surface area contributed by atoms with Crippen LogP contribution in [-0.2, 0) is 20.4 Å². The van der Waals surface area contributed by atoms with Crippen molar-refractivity contribution in [3.8, 4) is 17.4 Å². The first-order chi connectivity index (χ1) is 21.2. The number of halogens is 1. The van der Waals surface area contributed by atoms with Gasteiger partial charge >= 0.3 is 0 Å². The molecule has 44 heavy (non-hydrogen) atoms. The highest BCUT2D eigenvalue weighted by molar-refractivity contribution is 7.93. The van der Waals surface area contributed by atoms with E-state index in [1.54, 1.807) is 36.5 Å². The van der Waals surface area contributed by atoms with Crippen LogP contribution in [0.3, 0.4) is 0 Å². The number of fused-ring (bicyclic) bond motifs is 1. The summed E-state index contributed by atoms with van der Waals surface area (Å²) in [5.41, 5.74) is -0.562. The van der Waals surface area contributed by atoms with Gasteiger partial charge in [0.15, 0.2) is 6.23 Å². The van der Waals surface area contributed by atoms with Crippen molar-refractivity contribution in [2.75, 3.05) is 45.3 Å². The molecule has 0 saturated carbocycles. The standard InChI is InChI=1S/C31H35ClN4O7S/c1-41-21-11-13-27(26(19-21)42-2)44(39,40)36-24-12-10-20(32)18-23(24)31(30(36)38,22-8-6-14-33-28(22)43-3)35-17-7-9-25(35)29(37)34-15-4-5-16-34/h6,8,10-14,18-19,25,30,38H,4-5,7,9,15-17H2,1-3H3. The van der Waals surface area contributed by atoms with Crippen molar-refractivity contribution in [2.24, 2.45) is 0 Å². The fourth-order valence-corrected chi connectivity index (χ4v) is 8.83. The lowest BCUT2D eigenvalue weighted by Crippen LogP contribution is -2.61. The molecule has 3 aliphatic heterocycles. The molecule has 2 fully saturated rings. The number of benzene rings is 2. The molecule has 0 spiro atoms. The molecule has 1 aromatic heterocycles. The van der Waals surface area contributed by atoms with Crippen molar-refractivity contribution in [2.45, 2.75) is 48.4 Å². The number of carbonyl (C=O) groups excluding carboxylic acids is 1. The van der Waals surface area contributed by atoms with Gasteiger partial charge in [-0.3, -0.25) is 9.69 Å². The lowest BCUT2D eigenvalue weighted by Gasteiger charge is -2.46. The summed E-state index contributed by atoms with van der Waals surface area (Å²) in [6.07, 6.45) is 2.87. The van der Waals surface area contributed by atoms with Crippen LogP contribution < -0.4 is 18.5 Å². The molecule has 2 saturated heterocycles. The number of likely N-dealkylation sites (tertiary alicyclic amines) is 2. The minimum absolute atomic E-state index is 0.0452. The minimum Gasteiger partial charge on any atom is -0.497 e. The minimum atomic E-state index is -4.49. The Morgan fingerprint density at radius 3 is 2.45 bits per heavy atom. The summed E-state index contributed by atoms with van der Waals surface area (Å²) in [4.78, 5) is 22.1. The van der Waals surface area contributed by atoms with Crippen LogP contribution in [0.25, 0.3) is 0 Å². The molecule has 2 aromatic carbocycles. The Kier molecular flexibility index (Phi) is 8.12. The van der Waals surface area contributed by atoms with E-state index in [2.05, 4.69) is 4.98 Å². The van der Waals surface area contributed by atoms with E-state index >= 15 is 0 Å². The topological polar surface area (TPSA) is 122 Å². The molecule has 3 aromatic rings. The van der Waals surface area contributed by atoms with Gasteiger partial charge < -0.3 is 24.2 Å². The Hall–Kier alpha value is -3.58. The number of aliphatic hydroxyl groups is 1. The van der Waals surface area contributed by atoms with Crippen molar-refractivity contribution in [3.05, 3.63) is 70.9 Å². The first-order valence-electron chi connectivity index (χ1n) is 14.5. The van der Waals surface area contributed by atoms with Crippen LogP contribution in [-0.4, -0.2) is 87.4 Å². The highest BCUT2D eigenvalue weighted by Gasteiger charge is 2.63. The van der Waals surface area contributed by atoms with E-state index in [1.807, 2.05) is 9.80 Å². The predicted octanol–water partition coefficient (Wildman–Crippen LogP) is 3.62. The summed E-state index contributed by atoms with van der Waals surface area (Å²) in [7, 11) is -0.184. The second-order valence-corrected chi connectivity index (χ2v) is 13.3. The van der Waals surface area contributed by atoms with Gasteiger partial charge in [0.25, 0.3) is 10.0 Å². The zero-order chi connectivity index (χ0) is 31.2. The fourth-order valence-electron chi connectivity index (χ4n) is 6.98. The number of hydrogen-bond donors (Lipinski definition) is 1. The summed E-state index contributed by atoms with van der Waals surface area (Å²) < 4.78 is 46.8. The molecule has 0 radical (unpaired) electrons. The maximum Gasteiger partial charge on any atom is 0.270 e. The quantitative estimate of drug-likeness (QED) is 0.393. The molecule has 3 aliphatic rings. The van der Waals surface area contributed by atoms with Gasteiger partial charge in [0, 0.05) is 48.0 Å². The van der Waals surface area contributed by atoms with E-state index in [0.29, 0.717) is 54.4 Å². The average molecular weight is 643 g/mol. The first kappa shape index (κ1) is 30.4. The second kappa shape index (κ2) is 11.7. The molecule has 0 bridgehead atoms. The molecular formula is C31H35ClN4O7S. The van der Waals surface area contributed by atoms with Gasteiger partial charge in [0.1, 0.15) is 21.9 Å². The number of anilines is 1. The summed E-state index contributed by atoms with van der Waals surface area (Å²) in [6.45, 7) is 1.73. The Balaban J connectivity index is 1.62. The van der Waals surface area contributed by atoms with Crippen molar-refractivity contribution in [3.63, 3.8) is 0 Å². The van der Waals surface area contributed by atoms with Gasteiger partial charge in [0.2, 0.25) is 11.8 Å². The second-order valence-electron chi connectivity index (χ2n) is 11.1. The first-order valence-corrected chi connectivity index (χ1v) is 16.3. The van der Waals surface area contributed by atoms with Crippen molar-refractivity contribution in [1.29, 1.82) is 0 Å². The number of nitrogens with zero attached hydrogens (tertiary/aromatic N) is 4. The smallest absolute Gasteiger partial charge is 0.270 e. The molecule has 234 valence electrons. The Morgan fingerprint density at radius 2 is 1.75 bits per heavy atom. The number of aromatic nitrogens is 1. The van der Waals surface area contributed by atoms with Crippen LogP contribution >= 0.6 is 11.6 Å². The Bertz CT molecular complexity index is 1680. The van der Waals surface area contributed by atoms with Crippen LogP contribution in [0.2, 0.25) is 5.02 Å². The Morgan fingerprint density at radius 1 is 0.977 bits per heavy atom. The number of hydrogen-bond acceptors (Lipinski definition) is 9. The monoisotopic (exact) mass is 642 g/mol. The van der Waals surface area contributed by atoms with E-state index in [1.165, 1.54) is 39.5 Å². The Labute approximate surface area is 261 Å². The zero-order valence-corrected chi connectivity index (χ0v) is 26.3. The number of aliphatic hydroxyl groups excluding tert-OH is 1.